The molecular formula is C39H76O4. The van der Waals surface area contributed by atoms with Gasteiger partial charge in [-0.05, 0) is 32.6 Å². The van der Waals surface area contributed by atoms with Crippen molar-refractivity contribution in [2.24, 2.45) is 0 Å². The van der Waals surface area contributed by atoms with Gasteiger partial charge in [-0.2, -0.15) is 0 Å². The van der Waals surface area contributed by atoms with E-state index in [0.29, 0.717) is 12.8 Å². The molecule has 0 aromatic carbocycles. The van der Waals surface area contributed by atoms with Gasteiger partial charge in [0.2, 0.25) is 0 Å². The summed E-state index contributed by atoms with van der Waals surface area (Å²) in [7, 11) is 0. The van der Waals surface area contributed by atoms with E-state index in [4.69, 9.17) is 9.84 Å². The number of carboxylic acids is 1. The molecule has 256 valence electrons. The molecule has 4 nitrogen and oxygen atoms in total. The molecular weight excluding hydrogens is 532 g/mol. The van der Waals surface area contributed by atoms with Crippen molar-refractivity contribution in [3.05, 3.63) is 0 Å². The van der Waals surface area contributed by atoms with Crippen LogP contribution in [-0.4, -0.2) is 23.1 Å². The minimum Gasteiger partial charge on any atom is -0.481 e. The van der Waals surface area contributed by atoms with Crippen molar-refractivity contribution in [2.75, 3.05) is 0 Å². The largest absolute Gasteiger partial charge is 0.481 e. The molecule has 0 aliphatic carbocycles. The number of carbonyl (C=O) groups is 2. The molecule has 0 bridgehead atoms. The maximum atomic E-state index is 12.2. The van der Waals surface area contributed by atoms with Gasteiger partial charge in [0.25, 0.3) is 0 Å². The fraction of sp³-hybridized carbons (Fsp3) is 0.949. The summed E-state index contributed by atoms with van der Waals surface area (Å²) in [6, 6.07) is 0. The van der Waals surface area contributed by atoms with Crippen LogP contribution in [0.15, 0.2) is 0 Å². The number of aliphatic carboxylic acids is 1. The maximum Gasteiger partial charge on any atom is 0.306 e. The van der Waals surface area contributed by atoms with Crippen molar-refractivity contribution < 1.29 is 19.4 Å². The van der Waals surface area contributed by atoms with Gasteiger partial charge in [-0.1, -0.05) is 187 Å². The molecule has 0 saturated heterocycles. The van der Waals surface area contributed by atoms with E-state index in [1.807, 2.05) is 0 Å². The molecule has 0 amide bonds. The van der Waals surface area contributed by atoms with Gasteiger partial charge in [-0.15, -0.1) is 0 Å². The number of ether oxygens (including phenoxy) is 1. The van der Waals surface area contributed by atoms with Crippen LogP contribution in [0.2, 0.25) is 0 Å². The first-order valence-corrected chi connectivity index (χ1v) is 19.5. The summed E-state index contributed by atoms with van der Waals surface area (Å²) in [5.74, 6) is -0.669. The highest BCUT2D eigenvalue weighted by atomic mass is 16.5. The molecule has 1 unspecified atom stereocenters. The molecule has 0 aliphatic rings. The SMILES string of the molecule is CCCCCCCCCCCCCCCCCCCCCC(=O)OC(C)CCCCCCCCCCCCCCC(=O)O. The third-order valence-electron chi connectivity index (χ3n) is 9.07. The van der Waals surface area contributed by atoms with Crippen LogP contribution < -0.4 is 0 Å². The quantitative estimate of drug-likeness (QED) is 0.0567. The van der Waals surface area contributed by atoms with E-state index >= 15 is 0 Å². The second kappa shape index (κ2) is 35.4. The van der Waals surface area contributed by atoms with Gasteiger partial charge in [0.15, 0.2) is 0 Å². The summed E-state index contributed by atoms with van der Waals surface area (Å²) in [6.07, 6.45) is 42.6. The van der Waals surface area contributed by atoms with Gasteiger partial charge in [-0.3, -0.25) is 9.59 Å². The first kappa shape index (κ1) is 41.9. The van der Waals surface area contributed by atoms with Gasteiger partial charge in [0.05, 0.1) is 6.10 Å². The second-order valence-electron chi connectivity index (χ2n) is 13.6. The maximum absolute atomic E-state index is 12.2. The topological polar surface area (TPSA) is 63.6 Å². The normalized spacial score (nSPS) is 12.0. The van der Waals surface area contributed by atoms with Crippen LogP contribution in [0.5, 0.6) is 0 Å². The van der Waals surface area contributed by atoms with Crippen LogP contribution in [0.4, 0.5) is 0 Å². The van der Waals surface area contributed by atoms with E-state index in [0.717, 1.165) is 38.5 Å². The zero-order valence-corrected chi connectivity index (χ0v) is 29.3. The van der Waals surface area contributed by atoms with Gasteiger partial charge >= 0.3 is 11.9 Å². The van der Waals surface area contributed by atoms with Crippen molar-refractivity contribution in [1.29, 1.82) is 0 Å². The fourth-order valence-corrected chi connectivity index (χ4v) is 6.17. The Kier molecular flexibility index (Phi) is 34.5. The molecule has 1 atom stereocenters. The highest BCUT2D eigenvalue weighted by Gasteiger charge is 2.09. The molecule has 0 aromatic rings. The third-order valence-corrected chi connectivity index (χ3v) is 9.07. The molecule has 0 fully saturated rings. The van der Waals surface area contributed by atoms with Crippen molar-refractivity contribution in [3.8, 4) is 0 Å². The zero-order chi connectivity index (χ0) is 31.5. The van der Waals surface area contributed by atoms with E-state index in [2.05, 4.69) is 13.8 Å². The Morgan fingerprint density at radius 2 is 0.721 bits per heavy atom. The molecule has 0 radical (unpaired) electrons. The number of hydrogen-bond acceptors (Lipinski definition) is 3. The van der Waals surface area contributed by atoms with Crippen molar-refractivity contribution in [1.82, 2.24) is 0 Å². The smallest absolute Gasteiger partial charge is 0.306 e. The van der Waals surface area contributed by atoms with Crippen LogP contribution in [0.3, 0.4) is 0 Å². The molecule has 0 saturated carbocycles. The van der Waals surface area contributed by atoms with E-state index in [1.165, 1.54) is 167 Å². The lowest BCUT2D eigenvalue weighted by atomic mass is 10.0. The molecule has 0 heterocycles. The highest BCUT2D eigenvalue weighted by molar-refractivity contribution is 5.69. The monoisotopic (exact) mass is 609 g/mol. The Labute approximate surface area is 269 Å². The Bertz CT molecular complexity index is 576. The number of hydrogen-bond donors (Lipinski definition) is 1. The van der Waals surface area contributed by atoms with Gasteiger partial charge < -0.3 is 9.84 Å². The molecule has 0 aliphatic heterocycles. The minimum atomic E-state index is -0.670. The third kappa shape index (κ3) is 37.0. The zero-order valence-electron chi connectivity index (χ0n) is 29.3. The van der Waals surface area contributed by atoms with Crippen LogP contribution in [0, 0.1) is 0 Å². The summed E-state index contributed by atoms with van der Waals surface area (Å²) >= 11 is 0. The summed E-state index contributed by atoms with van der Waals surface area (Å²) in [5, 5.41) is 8.64. The number of carbonyl (C=O) groups excluding carboxylic acids is 1. The summed E-state index contributed by atoms with van der Waals surface area (Å²) in [5.41, 5.74) is 0. The predicted molar refractivity (Wildman–Crippen MR) is 186 cm³/mol. The van der Waals surface area contributed by atoms with Gasteiger partial charge in [0, 0.05) is 12.8 Å². The average Bonchev–Trinajstić information content (AvgIpc) is 2.98. The molecule has 43 heavy (non-hydrogen) atoms. The Hall–Kier alpha value is -1.06. The van der Waals surface area contributed by atoms with Crippen molar-refractivity contribution in [3.63, 3.8) is 0 Å². The van der Waals surface area contributed by atoms with Gasteiger partial charge in [0.1, 0.15) is 0 Å². The lowest BCUT2D eigenvalue weighted by Crippen LogP contribution is -2.14. The standard InChI is InChI=1S/C39H76O4/c1-3-4-5-6-7-8-9-10-11-12-13-14-15-16-21-24-27-30-33-36-39(42)43-37(2)34-31-28-25-22-19-17-18-20-23-26-29-32-35-38(40)41/h37H,3-36H2,1-2H3,(H,40,41). The highest BCUT2D eigenvalue weighted by Crippen LogP contribution is 2.17. The number of unbranched alkanes of at least 4 members (excludes halogenated alkanes) is 29. The van der Waals surface area contributed by atoms with Crippen molar-refractivity contribution in [2.45, 2.75) is 238 Å². The average molecular weight is 609 g/mol. The molecule has 0 rings (SSSR count). The lowest BCUT2D eigenvalue weighted by molar-refractivity contribution is -0.148. The number of carboxylic acid groups (broad SMARTS) is 1. The number of esters is 1. The van der Waals surface area contributed by atoms with E-state index in [9.17, 15) is 9.59 Å². The van der Waals surface area contributed by atoms with Gasteiger partial charge in [-0.25, -0.2) is 0 Å². The van der Waals surface area contributed by atoms with Crippen LogP contribution >= 0.6 is 0 Å². The Morgan fingerprint density at radius 1 is 0.442 bits per heavy atom. The molecule has 4 heteroatoms. The second-order valence-corrected chi connectivity index (χ2v) is 13.6. The number of rotatable bonds is 36. The first-order chi connectivity index (χ1) is 21.1. The van der Waals surface area contributed by atoms with E-state index < -0.39 is 5.97 Å². The van der Waals surface area contributed by atoms with E-state index in [-0.39, 0.29) is 12.1 Å². The van der Waals surface area contributed by atoms with Crippen molar-refractivity contribution >= 4 is 11.9 Å². The fourth-order valence-electron chi connectivity index (χ4n) is 6.17. The lowest BCUT2D eigenvalue weighted by Gasteiger charge is -2.13. The summed E-state index contributed by atoms with van der Waals surface area (Å²) in [4.78, 5) is 22.6. The minimum absolute atomic E-state index is 0.00126. The first-order valence-electron chi connectivity index (χ1n) is 19.5. The van der Waals surface area contributed by atoms with E-state index in [1.54, 1.807) is 0 Å². The molecule has 0 aromatic heterocycles. The molecule has 0 spiro atoms. The molecule has 1 N–H and O–H groups in total. The predicted octanol–water partition coefficient (Wildman–Crippen LogP) is 13.3. The summed E-state index contributed by atoms with van der Waals surface area (Å²) < 4.78 is 5.64. The Balaban J connectivity index is 3.27. The Morgan fingerprint density at radius 3 is 1.05 bits per heavy atom. The summed E-state index contributed by atoms with van der Waals surface area (Å²) in [6.45, 7) is 4.34. The van der Waals surface area contributed by atoms with Crippen LogP contribution in [0.25, 0.3) is 0 Å². The van der Waals surface area contributed by atoms with Crippen LogP contribution in [-0.2, 0) is 14.3 Å². The van der Waals surface area contributed by atoms with Crippen LogP contribution in [0.1, 0.15) is 232 Å².